The normalized spacial score (nSPS) is 15.2. The Morgan fingerprint density at radius 2 is 1.84 bits per heavy atom. The summed E-state index contributed by atoms with van der Waals surface area (Å²) < 4.78 is 44.6. The molecule has 0 bridgehead atoms. The predicted octanol–water partition coefficient (Wildman–Crippen LogP) is 4.74. The number of benzene rings is 1. The first-order chi connectivity index (χ1) is 17.6. The van der Waals surface area contributed by atoms with Gasteiger partial charge in [0.2, 0.25) is 5.91 Å². The number of nitrogens with zero attached hydrogens (tertiary/aromatic N) is 2. The number of nitrogens with two attached hydrogens (primary N) is 2. The minimum Gasteiger partial charge on any atom is -0.395 e. The van der Waals surface area contributed by atoms with Crippen molar-refractivity contribution in [1.29, 1.82) is 0 Å². The molecule has 0 radical (unpaired) electrons. The number of alkyl halides is 3. The Bertz CT molecular complexity index is 1290. The van der Waals surface area contributed by atoms with E-state index in [0.29, 0.717) is 16.4 Å². The van der Waals surface area contributed by atoms with Crippen LogP contribution in [0.5, 0.6) is 0 Å². The Morgan fingerprint density at radius 3 is 2.43 bits per heavy atom. The molecule has 1 aromatic carbocycles. The van der Waals surface area contributed by atoms with Gasteiger partial charge in [0.15, 0.2) is 11.7 Å². The van der Waals surface area contributed by atoms with Crippen LogP contribution in [0.15, 0.2) is 41.8 Å². The molecule has 1 aliphatic rings. The zero-order chi connectivity index (χ0) is 26.7. The summed E-state index contributed by atoms with van der Waals surface area (Å²) in [5.41, 5.74) is 9.50. The predicted molar refractivity (Wildman–Crippen MR) is 135 cm³/mol. The van der Waals surface area contributed by atoms with E-state index in [2.05, 4.69) is 9.69 Å². The third-order valence-electron chi connectivity index (χ3n) is 6.10. The van der Waals surface area contributed by atoms with E-state index in [1.807, 2.05) is 0 Å². The van der Waals surface area contributed by atoms with Crippen molar-refractivity contribution in [3.05, 3.63) is 62.8 Å². The number of anilines is 2. The highest BCUT2D eigenvalue weighted by atomic mass is 32.1. The number of halogens is 3. The van der Waals surface area contributed by atoms with E-state index >= 15 is 0 Å². The number of aromatic nitrogens is 1. The summed E-state index contributed by atoms with van der Waals surface area (Å²) in [6, 6.07) is 6.06. The first-order valence-electron chi connectivity index (χ1n) is 11.5. The van der Waals surface area contributed by atoms with Gasteiger partial charge in [-0.3, -0.25) is 19.3 Å². The van der Waals surface area contributed by atoms with Gasteiger partial charge in [-0.1, -0.05) is 31.4 Å². The fourth-order valence-corrected chi connectivity index (χ4v) is 5.86. The van der Waals surface area contributed by atoms with E-state index in [-0.39, 0.29) is 28.0 Å². The summed E-state index contributed by atoms with van der Waals surface area (Å²) in [7, 11) is 0. The van der Waals surface area contributed by atoms with Crippen LogP contribution in [0, 0.1) is 0 Å². The maximum absolute atomic E-state index is 13.9. The third kappa shape index (κ3) is 5.77. The highest BCUT2D eigenvalue weighted by Crippen LogP contribution is 2.38. The van der Waals surface area contributed by atoms with Gasteiger partial charge in [0.05, 0.1) is 11.3 Å². The Kier molecular flexibility index (Phi) is 7.83. The van der Waals surface area contributed by atoms with Crippen LogP contribution in [-0.4, -0.2) is 28.1 Å². The van der Waals surface area contributed by atoms with Gasteiger partial charge in [0.1, 0.15) is 4.88 Å². The molecule has 8 nitrogen and oxygen atoms in total. The second-order valence-corrected chi connectivity index (χ2v) is 10.4. The van der Waals surface area contributed by atoms with E-state index in [1.54, 1.807) is 17.5 Å². The van der Waals surface area contributed by atoms with Gasteiger partial charge in [0.25, 0.3) is 11.8 Å². The third-order valence-corrected chi connectivity index (χ3v) is 7.87. The smallest absolute Gasteiger partial charge is 0.395 e. The van der Waals surface area contributed by atoms with Crippen LogP contribution in [0.1, 0.15) is 68.7 Å². The molecule has 2 aromatic heterocycles. The number of rotatable bonds is 7. The maximum Gasteiger partial charge on any atom is 0.416 e. The molecular formula is C24H24F3N5O3S2. The summed E-state index contributed by atoms with van der Waals surface area (Å²) >= 11 is 1.78. The van der Waals surface area contributed by atoms with Crippen LogP contribution >= 0.6 is 22.9 Å². The second-order valence-electron chi connectivity index (χ2n) is 8.62. The van der Waals surface area contributed by atoms with E-state index < -0.39 is 35.5 Å². The molecular weight excluding hydrogens is 527 g/mol. The molecule has 1 atom stereocenters. The molecule has 37 heavy (non-hydrogen) atoms. The molecule has 3 amide bonds. The van der Waals surface area contributed by atoms with Crippen LogP contribution in [0.4, 0.5) is 24.5 Å². The van der Waals surface area contributed by atoms with E-state index in [9.17, 15) is 27.6 Å². The first kappa shape index (κ1) is 26.6. The van der Waals surface area contributed by atoms with Crippen molar-refractivity contribution in [2.45, 2.75) is 50.4 Å². The highest BCUT2D eigenvalue weighted by molar-refractivity contribution is 7.10. The maximum atomic E-state index is 13.9. The number of primary amides is 1. The Balaban J connectivity index is 1.84. The van der Waals surface area contributed by atoms with Gasteiger partial charge < -0.3 is 16.8 Å². The van der Waals surface area contributed by atoms with Gasteiger partial charge in [-0.05, 0) is 54.0 Å². The van der Waals surface area contributed by atoms with Crippen molar-refractivity contribution in [2.75, 3.05) is 10.6 Å². The molecule has 0 aliphatic heterocycles. The van der Waals surface area contributed by atoms with Crippen molar-refractivity contribution >= 4 is 52.0 Å². The first-order valence-corrected chi connectivity index (χ1v) is 13.1. The number of thiophene rings is 1. The average Bonchev–Trinajstić information content (AvgIpc) is 3.52. The van der Waals surface area contributed by atoms with Crippen LogP contribution in [0.25, 0.3) is 0 Å². The topological polar surface area (TPSA) is 131 Å². The van der Waals surface area contributed by atoms with Crippen molar-refractivity contribution < 1.29 is 27.6 Å². The average molecular weight is 552 g/mol. The van der Waals surface area contributed by atoms with E-state index in [4.69, 9.17) is 11.5 Å². The molecule has 2 heterocycles. The molecule has 5 N–H and O–H groups in total. The number of nitrogen functional groups attached to an aromatic ring is 1. The van der Waals surface area contributed by atoms with Crippen molar-refractivity contribution in [3.8, 4) is 0 Å². The lowest BCUT2D eigenvalue weighted by Crippen LogP contribution is -2.47. The van der Waals surface area contributed by atoms with Crippen LogP contribution < -0.4 is 21.7 Å². The molecule has 196 valence electrons. The van der Waals surface area contributed by atoms with E-state index in [1.165, 1.54) is 17.4 Å². The fourth-order valence-electron chi connectivity index (χ4n) is 4.30. The second kappa shape index (κ2) is 10.9. The molecule has 0 spiro atoms. The Morgan fingerprint density at radius 1 is 1.11 bits per heavy atom. The zero-order valence-electron chi connectivity index (χ0n) is 19.5. The highest BCUT2D eigenvalue weighted by Gasteiger charge is 2.39. The van der Waals surface area contributed by atoms with Gasteiger partial charge >= 0.3 is 6.18 Å². The molecule has 1 fully saturated rings. The van der Waals surface area contributed by atoms with Crippen LogP contribution in [-0.2, 0) is 11.0 Å². The molecule has 3 aromatic rings. The molecule has 13 heteroatoms. The van der Waals surface area contributed by atoms with Crippen LogP contribution in [0.3, 0.4) is 0 Å². The summed E-state index contributed by atoms with van der Waals surface area (Å²) in [4.78, 5) is 40.5. The quantitative estimate of drug-likeness (QED) is 0.390. The monoisotopic (exact) mass is 551 g/mol. The number of carbonyl (C=O) groups excluding carboxylic acids is 3. The van der Waals surface area contributed by atoms with Crippen LogP contribution in [0.2, 0.25) is 0 Å². The Labute approximate surface area is 218 Å². The zero-order valence-corrected chi connectivity index (χ0v) is 21.1. The minimum absolute atomic E-state index is 0.114. The molecule has 0 saturated heterocycles. The molecule has 1 aliphatic carbocycles. The number of nitrogens with one attached hydrogen (secondary N) is 1. The lowest BCUT2D eigenvalue weighted by molar-refractivity contribution is -0.137. The van der Waals surface area contributed by atoms with Gasteiger partial charge in [-0.15, -0.1) is 11.3 Å². The lowest BCUT2D eigenvalue weighted by atomic mass is 9.95. The van der Waals surface area contributed by atoms with Gasteiger partial charge in [-0.2, -0.15) is 17.5 Å². The van der Waals surface area contributed by atoms with E-state index in [0.717, 1.165) is 55.2 Å². The largest absolute Gasteiger partial charge is 0.416 e. The summed E-state index contributed by atoms with van der Waals surface area (Å²) in [5.74, 6) is -2.36. The summed E-state index contributed by atoms with van der Waals surface area (Å²) in [5, 5.41) is 4.69. The summed E-state index contributed by atoms with van der Waals surface area (Å²) in [6.07, 6.45) is -0.205. The van der Waals surface area contributed by atoms with Crippen molar-refractivity contribution in [2.24, 2.45) is 5.73 Å². The van der Waals surface area contributed by atoms with Gasteiger partial charge in [-0.25, -0.2) is 0 Å². The molecule has 1 unspecified atom stereocenters. The van der Waals surface area contributed by atoms with Gasteiger partial charge in [0, 0.05) is 16.6 Å². The number of hydrogen-bond acceptors (Lipinski definition) is 7. The minimum atomic E-state index is -4.68. The number of amides is 3. The standard InChI is InChI=1S/C24H24F3N5O3S2/c25-24(26,27)13-6-4-9-15(12-13)32(23(35)20-17(28)18(21(29)33)31-37-20)19(16-10-5-11-36-16)22(34)30-14-7-2-1-3-8-14/h4-6,9-12,14,19H,1-3,7-8,28H2,(H2,29,33)(H,30,34). The number of hydrogen-bond donors (Lipinski definition) is 3. The number of carbonyl (C=O) groups is 3. The molecule has 1 saturated carbocycles. The fraction of sp³-hybridized carbons (Fsp3) is 0.333. The Hall–Kier alpha value is -3.45. The molecule has 4 rings (SSSR count). The summed E-state index contributed by atoms with van der Waals surface area (Å²) in [6.45, 7) is 0. The van der Waals surface area contributed by atoms with Crippen molar-refractivity contribution in [3.63, 3.8) is 0 Å². The van der Waals surface area contributed by atoms with Crippen molar-refractivity contribution in [1.82, 2.24) is 9.69 Å². The SMILES string of the molecule is NC(=O)c1nsc(C(=O)N(c2cccc(C(F)(F)F)c2)C(C(=O)NC2CCCCC2)c2cccs2)c1N. The lowest BCUT2D eigenvalue weighted by Gasteiger charge is -2.32.